The van der Waals surface area contributed by atoms with Crippen molar-refractivity contribution in [1.82, 2.24) is 15.2 Å². The number of benzene rings is 1. The van der Waals surface area contributed by atoms with Gasteiger partial charge in [0.25, 0.3) is 5.91 Å². The van der Waals surface area contributed by atoms with Crippen LogP contribution in [0.4, 0.5) is 5.13 Å². The van der Waals surface area contributed by atoms with Crippen LogP contribution in [0.5, 0.6) is 5.75 Å². The lowest BCUT2D eigenvalue weighted by atomic mass is 10.0. The zero-order chi connectivity index (χ0) is 19.5. The Kier molecular flexibility index (Phi) is 5.24. The normalized spacial score (nSPS) is 12.8. The Labute approximate surface area is 170 Å². The van der Waals surface area contributed by atoms with Gasteiger partial charge in [-0.1, -0.05) is 28.9 Å². The van der Waals surface area contributed by atoms with Gasteiger partial charge in [0.15, 0.2) is 5.01 Å². The number of amides is 1. The number of pyridine rings is 1. The summed E-state index contributed by atoms with van der Waals surface area (Å²) in [6, 6.07) is 6.86. The van der Waals surface area contributed by atoms with Crippen LogP contribution in [0, 0.1) is 17.8 Å². The highest BCUT2D eigenvalue weighted by Gasteiger charge is 2.19. The first kappa shape index (κ1) is 18.4. The molecule has 140 valence electrons. The summed E-state index contributed by atoms with van der Waals surface area (Å²) in [4.78, 5) is 17.0. The Morgan fingerprint density at radius 3 is 2.93 bits per heavy atom. The molecule has 0 unspecified atom stereocenters. The van der Waals surface area contributed by atoms with Crippen LogP contribution >= 0.6 is 22.9 Å². The highest BCUT2D eigenvalue weighted by molar-refractivity contribution is 7.15. The molecular formula is C20H15ClN4O2S. The number of nitrogens with one attached hydrogen (secondary N) is 1. The Morgan fingerprint density at radius 1 is 1.29 bits per heavy atom. The number of ether oxygens (including phenoxy) is 1. The predicted molar refractivity (Wildman–Crippen MR) is 109 cm³/mol. The lowest BCUT2D eigenvalue weighted by Crippen LogP contribution is -2.13. The summed E-state index contributed by atoms with van der Waals surface area (Å²) >= 11 is 7.39. The first-order valence-electron chi connectivity index (χ1n) is 8.58. The fourth-order valence-electron chi connectivity index (χ4n) is 2.58. The van der Waals surface area contributed by atoms with Crippen LogP contribution in [0.2, 0.25) is 5.02 Å². The van der Waals surface area contributed by atoms with Gasteiger partial charge in [-0.2, -0.15) is 0 Å². The van der Waals surface area contributed by atoms with Gasteiger partial charge in [-0.3, -0.25) is 15.1 Å². The van der Waals surface area contributed by atoms with E-state index in [0.717, 1.165) is 12.8 Å². The molecule has 1 aliphatic rings. The van der Waals surface area contributed by atoms with Crippen LogP contribution in [0.25, 0.3) is 11.1 Å². The van der Waals surface area contributed by atoms with Crippen molar-refractivity contribution >= 4 is 34.0 Å². The molecule has 1 fully saturated rings. The fraction of sp³-hybridized carbons (Fsp3) is 0.200. The van der Waals surface area contributed by atoms with Gasteiger partial charge in [0.1, 0.15) is 5.75 Å². The van der Waals surface area contributed by atoms with Crippen LogP contribution in [0.3, 0.4) is 0 Å². The van der Waals surface area contributed by atoms with E-state index in [0.29, 0.717) is 43.5 Å². The summed E-state index contributed by atoms with van der Waals surface area (Å²) < 4.78 is 5.41. The molecule has 2 aromatic heterocycles. The molecule has 0 atom stereocenters. The van der Waals surface area contributed by atoms with E-state index in [-0.39, 0.29) is 5.91 Å². The number of hydrogen-bond donors (Lipinski definition) is 1. The molecule has 3 aromatic rings. The molecular weight excluding hydrogens is 396 g/mol. The molecule has 4 rings (SSSR count). The van der Waals surface area contributed by atoms with E-state index in [1.807, 2.05) is 0 Å². The Hall–Kier alpha value is -2.95. The van der Waals surface area contributed by atoms with Gasteiger partial charge >= 0.3 is 0 Å². The number of methoxy groups -OCH3 is 1. The third-order valence-corrected chi connectivity index (χ3v) is 5.11. The molecule has 0 radical (unpaired) electrons. The second-order valence-corrected chi connectivity index (χ2v) is 7.59. The molecule has 1 saturated carbocycles. The van der Waals surface area contributed by atoms with Crippen LogP contribution in [-0.2, 0) is 0 Å². The Balaban J connectivity index is 1.61. The first-order chi connectivity index (χ1) is 13.6. The van der Waals surface area contributed by atoms with Crippen molar-refractivity contribution in [2.75, 3.05) is 12.4 Å². The van der Waals surface area contributed by atoms with E-state index in [1.165, 1.54) is 11.3 Å². The van der Waals surface area contributed by atoms with Gasteiger partial charge in [0.2, 0.25) is 5.13 Å². The zero-order valence-corrected chi connectivity index (χ0v) is 16.5. The number of aromatic nitrogens is 3. The topological polar surface area (TPSA) is 77.0 Å². The second kappa shape index (κ2) is 7.97. The largest absolute Gasteiger partial charge is 0.496 e. The highest BCUT2D eigenvalue weighted by atomic mass is 35.5. The third-order valence-electron chi connectivity index (χ3n) is 4.12. The Bertz CT molecular complexity index is 1100. The average molecular weight is 411 g/mol. The highest BCUT2D eigenvalue weighted by Crippen LogP contribution is 2.34. The van der Waals surface area contributed by atoms with Crippen LogP contribution in [-0.4, -0.2) is 28.2 Å². The van der Waals surface area contributed by atoms with Crippen LogP contribution < -0.4 is 10.1 Å². The predicted octanol–water partition coefficient (Wildman–Crippen LogP) is 4.28. The van der Waals surface area contributed by atoms with Crippen molar-refractivity contribution in [3.05, 3.63) is 52.3 Å². The van der Waals surface area contributed by atoms with Gasteiger partial charge in [0.05, 0.1) is 12.7 Å². The molecule has 1 N–H and O–H groups in total. The molecule has 0 saturated heterocycles. The summed E-state index contributed by atoms with van der Waals surface area (Å²) in [5.41, 5.74) is 1.72. The molecule has 1 amide bonds. The maximum atomic E-state index is 12.9. The molecule has 1 aliphatic carbocycles. The molecule has 0 aliphatic heterocycles. The van der Waals surface area contributed by atoms with E-state index < -0.39 is 0 Å². The van der Waals surface area contributed by atoms with Gasteiger partial charge < -0.3 is 4.74 Å². The number of nitrogens with zero attached hydrogens (tertiary/aromatic N) is 3. The smallest absolute Gasteiger partial charge is 0.258 e. The van der Waals surface area contributed by atoms with Crippen molar-refractivity contribution in [2.45, 2.75) is 12.8 Å². The van der Waals surface area contributed by atoms with Crippen LogP contribution in [0.1, 0.15) is 28.2 Å². The summed E-state index contributed by atoms with van der Waals surface area (Å²) in [5.74, 6) is 6.89. The molecule has 6 nitrogen and oxygen atoms in total. The van der Waals surface area contributed by atoms with Crippen molar-refractivity contribution in [3.8, 4) is 28.7 Å². The first-order valence-corrected chi connectivity index (χ1v) is 9.78. The minimum atomic E-state index is -0.322. The van der Waals surface area contributed by atoms with Gasteiger partial charge in [-0.15, -0.1) is 10.2 Å². The van der Waals surface area contributed by atoms with E-state index in [4.69, 9.17) is 16.3 Å². The number of anilines is 1. The lowest BCUT2D eigenvalue weighted by molar-refractivity contribution is 0.102. The van der Waals surface area contributed by atoms with Crippen LogP contribution in [0.15, 0.2) is 36.7 Å². The maximum absolute atomic E-state index is 12.9. The summed E-state index contributed by atoms with van der Waals surface area (Å²) in [5, 5.41) is 12.3. The second-order valence-electron chi connectivity index (χ2n) is 6.18. The third kappa shape index (κ3) is 4.14. The quantitative estimate of drug-likeness (QED) is 0.650. The molecule has 28 heavy (non-hydrogen) atoms. The summed E-state index contributed by atoms with van der Waals surface area (Å²) in [6.45, 7) is 0. The number of hydrogen-bond acceptors (Lipinski definition) is 6. The van der Waals surface area contributed by atoms with Crippen molar-refractivity contribution < 1.29 is 9.53 Å². The maximum Gasteiger partial charge on any atom is 0.258 e. The lowest BCUT2D eigenvalue weighted by Gasteiger charge is -2.12. The van der Waals surface area contributed by atoms with Gasteiger partial charge in [-0.25, -0.2) is 0 Å². The Morgan fingerprint density at radius 2 is 2.14 bits per heavy atom. The number of carbonyl (C=O) groups excluding carboxylic acids is 1. The minimum Gasteiger partial charge on any atom is -0.496 e. The zero-order valence-electron chi connectivity index (χ0n) is 14.9. The van der Waals surface area contributed by atoms with Crippen molar-refractivity contribution in [2.24, 2.45) is 5.92 Å². The SMILES string of the molecule is COc1ccc(Cl)cc1-c1cnccc1C(=O)Nc1nnc(C#CC2CC2)s1. The van der Waals surface area contributed by atoms with E-state index >= 15 is 0 Å². The molecule has 1 aromatic carbocycles. The number of rotatable bonds is 4. The van der Waals surface area contributed by atoms with Crippen molar-refractivity contribution in [3.63, 3.8) is 0 Å². The monoisotopic (exact) mass is 410 g/mol. The van der Waals surface area contributed by atoms with E-state index in [1.54, 1.807) is 43.8 Å². The van der Waals surface area contributed by atoms with Gasteiger partial charge in [0, 0.05) is 34.5 Å². The fourth-order valence-corrected chi connectivity index (χ4v) is 3.35. The number of halogens is 1. The molecule has 0 spiro atoms. The summed E-state index contributed by atoms with van der Waals surface area (Å²) in [6.07, 6.45) is 5.46. The number of carbonyl (C=O) groups is 1. The minimum absolute atomic E-state index is 0.322. The van der Waals surface area contributed by atoms with Gasteiger partial charge in [-0.05, 0) is 43.0 Å². The van der Waals surface area contributed by atoms with E-state index in [2.05, 4.69) is 32.3 Å². The summed E-state index contributed by atoms with van der Waals surface area (Å²) in [7, 11) is 1.56. The standard InChI is InChI=1S/C20H15ClN4O2S/c1-27-17-6-5-13(21)10-15(17)16-11-22-9-8-14(16)19(26)23-20-25-24-18(28-20)7-4-12-2-3-12/h5-6,8-12H,2-3H2,1H3,(H,23,25,26). The molecule has 8 heteroatoms. The van der Waals surface area contributed by atoms with Crippen molar-refractivity contribution in [1.29, 1.82) is 0 Å². The molecule has 0 bridgehead atoms. The van der Waals surface area contributed by atoms with E-state index in [9.17, 15) is 4.79 Å². The molecule has 2 heterocycles. The average Bonchev–Trinajstić information content (AvgIpc) is 3.44.